The maximum Gasteiger partial charge on any atom is 0.408 e. The predicted octanol–water partition coefficient (Wildman–Crippen LogP) is 1.96. The van der Waals surface area contributed by atoms with Gasteiger partial charge in [-0.1, -0.05) is 30.3 Å². The summed E-state index contributed by atoms with van der Waals surface area (Å²) in [6.45, 7) is 5.38. The second-order valence-electron chi connectivity index (χ2n) is 5.71. The Morgan fingerprint density at radius 3 is 2.45 bits per heavy atom. The summed E-state index contributed by atoms with van der Waals surface area (Å²) >= 11 is 0. The van der Waals surface area contributed by atoms with E-state index in [1.807, 2.05) is 30.3 Å². The molecule has 2 atom stereocenters. The van der Waals surface area contributed by atoms with Crippen LogP contribution in [0.25, 0.3) is 0 Å². The number of hydrogen-bond donors (Lipinski definition) is 3. The minimum absolute atomic E-state index is 0.0273. The van der Waals surface area contributed by atoms with E-state index in [9.17, 15) is 4.79 Å². The van der Waals surface area contributed by atoms with Crippen molar-refractivity contribution < 1.29 is 14.6 Å². The quantitative estimate of drug-likeness (QED) is 0.769. The summed E-state index contributed by atoms with van der Waals surface area (Å²) in [5, 5.41) is 11.8. The molecule has 0 aliphatic rings. The molecule has 0 aliphatic carbocycles. The number of nitrogens with two attached hydrogens (primary N) is 1. The van der Waals surface area contributed by atoms with Crippen LogP contribution in [0.15, 0.2) is 30.3 Å². The molecule has 1 rings (SSSR count). The van der Waals surface area contributed by atoms with Gasteiger partial charge in [0, 0.05) is 12.6 Å². The second-order valence-corrected chi connectivity index (χ2v) is 5.71. The zero-order valence-corrected chi connectivity index (χ0v) is 12.3. The minimum Gasteiger partial charge on any atom is -0.444 e. The van der Waals surface area contributed by atoms with Crippen molar-refractivity contribution in [1.29, 1.82) is 0 Å². The Balaban J connectivity index is 2.81. The number of carbonyl (C=O) groups is 1. The van der Waals surface area contributed by atoms with E-state index in [4.69, 9.17) is 15.6 Å². The normalized spacial score (nSPS) is 14.4. The van der Waals surface area contributed by atoms with Gasteiger partial charge in [-0.2, -0.15) is 0 Å². The summed E-state index contributed by atoms with van der Waals surface area (Å²) in [5.74, 6) is 0. The first-order valence-corrected chi connectivity index (χ1v) is 6.74. The van der Waals surface area contributed by atoms with Gasteiger partial charge in [-0.25, -0.2) is 4.79 Å². The van der Waals surface area contributed by atoms with Crippen LogP contribution in [0.1, 0.15) is 38.8 Å². The molecule has 0 aliphatic heterocycles. The first-order valence-electron chi connectivity index (χ1n) is 6.74. The molecule has 0 saturated carbocycles. The van der Waals surface area contributed by atoms with Crippen LogP contribution in [0, 0.1) is 0 Å². The fourth-order valence-electron chi connectivity index (χ4n) is 1.85. The van der Waals surface area contributed by atoms with E-state index in [1.54, 1.807) is 20.8 Å². The highest BCUT2D eigenvalue weighted by Crippen LogP contribution is 2.18. The summed E-state index contributed by atoms with van der Waals surface area (Å²) in [5.41, 5.74) is 6.37. The molecule has 1 aromatic rings. The van der Waals surface area contributed by atoms with Crippen LogP contribution in [-0.2, 0) is 4.74 Å². The number of ether oxygens (including phenoxy) is 1. The largest absolute Gasteiger partial charge is 0.444 e. The number of aliphatic hydroxyl groups excluding tert-OH is 1. The zero-order valence-electron chi connectivity index (χ0n) is 12.3. The standard InChI is InChI=1S/C15H24N2O3/c1-15(2,3)20-14(19)17-13(12(16)9-10-18)11-7-5-4-6-8-11/h4-8,12-13,18H,9-10,16H2,1-3H3,(H,17,19). The van der Waals surface area contributed by atoms with Crippen LogP contribution in [-0.4, -0.2) is 29.4 Å². The summed E-state index contributed by atoms with van der Waals surface area (Å²) in [4.78, 5) is 11.9. The molecule has 2 unspecified atom stereocenters. The predicted molar refractivity (Wildman–Crippen MR) is 78.2 cm³/mol. The van der Waals surface area contributed by atoms with Gasteiger partial charge < -0.3 is 20.9 Å². The highest BCUT2D eigenvalue weighted by Gasteiger charge is 2.24. The van der Waals surface area contributed by atoms with Gasteiger partial charge in [0.15, 0.2) is 0 Å². The lowest BCUT2D eigenvalue weighted by molar-refractivity contribution is 0.0492. The van der Waals surface area contributed by atoms with Crippen molar-refractivity contribution in [3.8, 4) is 0 Å². The SMILES string of the molecule is CC(C)(C)OC(=O)NC(c1ccccc1)C(N)CCO. The molecule has 5 heteroatoms. The molecular formula is C15H24N2O3. The molecule has 1 aromatic carbocycles. The van der Waals surface area contributed by atoms with Gasteiger partial charge in [-0.05, 0) is 32.8 Å². The Hall–Kier alpha value is -1.59. The van der Waals surface area contributed by atoms with Gasteiger partial charge in [0.2, 0.25) is 0 Å². The third-order valence-corrected chi connectivity index (χ3v) is 2.72. The monoisotopic (exact) mass is 280 g/mol. The number of nitrogens with one attached hydrogen (secondary N) is 1. The van der Waals surface area contributed by atoms with Gasteiger partial charge in [0.05, 0.1) is 6.04 Å². The molecule has 0 spiro atoms. The fraction of sp³-hybridized carbons (Fsp3) is 0.533. The molecule has 0 heterocycles. The van der Waals surface area contributed by atoms with Gasteiger partial charge >= 0.3 is 6.09 Å². The van der Waals surface area contributed by atoms with Crippen LogP contribution < -0.4 is 11.1 Å². The number of alkyl carbamates (subject to hydrolysis) is 1. The Bertz CT molecular complexity index is 415. The van der Waals surface area contributed by atoms with Crippen molar-refractivity contribution in [3.05, 3.63) is 35.9 Å². The number of rotatable bonds is 5. The van der Waals surface area contributed by atoms with Gasteiger partial charge in [0.1, 0.15) is 5.60 Å². The van der Waals surface area contributed by atoms with E-state index in [2.05, 4.69) is 5.32 Å². The van der Waals surface area contributed by atoms with Crippen LogP contribution >= 0.6 is 0 Å². The molecule has 0 bridgehead atoms. The van der Waals surface area contributed by atoms with Crippen molar-refractivity contribution >= 4 is 6.09 Å². The number of amides is 1. The lowest BCUT2D eigenvalue weighted by atomic mass is 9.98. The third kappa shape index (κ3) is 5.59. The Morgan fingerprint density at radius 2 is 1.95 bits per heavy atom. The van der Waals surface area contributed by atoms with Crippen LogP contribution in [0.2, 0.25) is 0 Å². The first-order chi connectivity index (χ1) is 9.33. The van der Waals surface area contributed by atoms with Crippen LogP contribution in [0.5, 0.6) is 0 Å². The van der Waals surface area contributed by atoms with Gasteiger partial charge in [-0.15, -0.1) is 0 Å². The smallest absolute Gasteiger partial charge is 0.408 e. The van der Waals surface area contributed by atoms with Crippen LogP contribution in [0.3, 0.4) is 0 Å². The molecule has 20 heavy (non-hydrogen) atoms. The average molecular weight is 280 g/mol. The summed E-state index contributed by atoms with van der Waals surface area (Å²) in [6, 6.07) is 8.66. The van der Waals surface area contributed by atoms with Gasteiger partial charge in [0.25, 0.3) is 0 Å². The molecule has 1 amide bonds. The van der Waals surface area contributed by atoms with E-state index in [0.29, 0.717) is 6.42 Å². The van der Waals surface area contributed by atoms with Crippen molar-refractivity contribution in [2.24, 2.45) is 5.73 Å². The second kappa shape index (κ2) is 7.26. The maximum atomic E-state index is 11.9. The van der Waals surface area contributed by atoms with E-state index >= 15 is 0 Å². The van der Waals surface area contributed by atoms with Crippen molar-refractivity contribution in [1.82, 2.24) is 5.32 Å². The highest BCUT2D eigenvalue weighted by molar-refractivity contribution is 5.68. The Morgan fingerprint density at radius 1 is 1.35 bits per heavy atom. The Kier molecular flexibility index (Phi) is 5.98. The molecule has 0 fully saturated rings. The summed E-state index contributed by atoms with van der Waals surface area (Å²) in [7, 11) is 0. The fourth-order valence-corrected chi connectivity index (χ4v) is 1.85. The van der Waals surface area contributed by atoms with Crippen molar-refractivity contribution in [2.45, 2.75) is 44.9 Å². The highest BCUT2D eigenvalue weighted by atomic mass is 16.6. The van der Waals surface area contributed by atoms with Gasteiger partial charge in [-0.3, -0.25) is 0 Å². The average Bonchev–Trinajstić information content (AvgIpc) is 2.35. The number of hydrogen-bond acceptors (Lipinski definition) is 4. The van der Waals surface area contributed by atoms with Crippen molar-refractivity contribution in [3.63, 3.8) is 0 Å². The molecular weight excluding hydrogens is 256 g/mol. The molecule has 0 saturated heterocycles. The van der Waals surface area contributed by atoms with E-state index in [-0.39, 0.29) is 12.6 Å². The lowest BCUT2D eigenvalue weighted by Gasteiger charge is -2.27. The lowest BCUT2D eigenvalue weighted by Crippen LogP contribution is -2.43. The zero-order chi connectivity index (χ0) is 15.2. The van der Waals surface area contributed by atoms with E-state index in [0.717, 1.165) is 5.56 Å². The van der Waals surface area contributed by atoms with E-state index < -0.39 is 17.7 Å². The summed E-state index contributed by atoms with van der Waals surface area (Å²) in [6.07, 6.45) is -0.116. The third-order valence-electron chi connectivity index (χ3n) is 2.72. The first kappa shape index (κ1) is 16.5. The van der Waals surface area contributed by atoms with E-state index in [1.165, 1.54) is 0 Å². The van der Waals surface area contributed by atoms with Crippen molar-refractivity contribution in [2.75, 3.05) is 6.61 Å². The number of benzene rings is 1. The number of aliphatic hydroxyl groups is 1. The maximum absolute atomic E-state index is 11.9. The minimum atomic E-state index is -0.563. The molecule has 0 radical (unpaired) electrons. The summed E-state index contributed by atoms with van der Waals surface area (Å²) < 4.78 is 5.25. The molecule has 0 aromatic heterocycles. The molecule has 5 nitrogen and oxygen atoms in total. The topological polar surface area (TPSA) is 84.6 Å². The molecule has 4 N–H and O–H groups in total. The number of carbonyl (C=O) groups excluding carboxylic acids is 1. The molecule has 112 valence electrons. The Labute approximate surface area is 120 Å². The van der Waals surface area contributed by atoms with Crippen LogP contribution in [0.4, 0.5) is 4.79 Å².